The fraction of sp³-hybridized carbons (Fsp3) is 0.318. The summed E-state index contributed by atoms with van der Waals surface area (Å²) in [7, 11) is 7.52. The summed E-state index contributed by atoms with van der Waals surface area (Å²) in [5, 5.41) is 5.99. The summed E-state index contributed by atoms with van der Waals surface area (Å²) >= 11 is 0. The van der Waals surface area contributed by atoms with Crippen LogP contribution in [0.3, 0.4) is 0 Å². The van der Waals surface area contributed by atoms with Crippen LogP contribution in [0.4, 0.5) is 11.4 Å². The van der Waals surface area contributed by atoms with Gasteiger partial charge in [0.05, 0.1) is 0 Å². The molecule has 0 radical (unpaired) electrons. The molecule has 2 heterocycles. The lowest BCUT2D eigenvalue weighted by Crippen LogP contribution is -2.47. The Kier molecular flexibility index (Phi) is 12.2. The van der Waals surface area contributed by atoms with Crippen molar-refractivity contribution in [2.45, 2.75) is 49.9 Å². The molecule has 10 nitrogen and oxygen atoms in total. The van der Waals surface area contributed by atoms with E-state index in [9.17, 15) is 19.2 Å². The van der Waals surface area contributed by atoms with Gasteiger partial charge in [-0.05, 0) is 114 Å². The molecule has 4 aromatic carbocycles. The van der Waals surface area contributed by atoms with Gasteiger partial charge in [-0.15, -0.1) is 0 Å². The molecule has 54 heavy (non-hydrogen) atoms. The second-order valence-electron chi connectivity index (χ2n) is 14.3. The number of likely N-dealkylation sites (N-methyl/N-ethyl adjacent to an activating group) is 2. The molecule has 10 heteroatoms. The SMILES string of the molecule is CN(C)[C@H](C(=O)N1CCC[C@H]1C(=O)Nc1ccc(C#Cc2ccc(NC(=O)[C@@H]3CCCN3C(=O)[C@H](c3ccccc3)N(C)C)cc2)cc1)c1ccccc1. The summed E-state index contributed by atoms with van der Waals surface area (Å²) in [6, 6.07) is 31.9. The van der Waals surface area contributed by atoms with Crippen molar-refractivity contribution in [2.24, 2.45) is 0 Å². The highest BCUT2D eigenvalue weighted by molar-refractivity contribution is 5.99. The van der Waals surface area contributed by atoms with Gasteiger partial charge in [0.15, 0.2) is 0 Å². The first-order chi connectivity index (χ1) is 26.1. The van der Waals surface area contributed by atoms with Crippen LogP contribution in [-0.2, 0) is 19.2 Å². The predicted octanol–water partition coefficient (Wildman–Crippen LogP) is 5.55. The third-order valence-electron chi connectivity index (χ3n) is 10.1. The lowest BCUT2D eigenvalue weighted by atomic mass is 10.0. The second kappa shape index (κ2) is 17.4. The first kappa shape index (κ1) is 38.0. The number of amides is 4. The van der Waals surface area contributed by atoms with Gasteiger partial charge in [0.1, 0.15) is 24.2 Å². The maximum Gasteiger partial charge on any atom is 0.247 e. The quantitative estimate of drug-likeness (QED) is 0.208. The van der Waals surface area contributed by atoms with Crippen LogP contribution in [0.5, 0.6) is 0 Å². The number of nitrogens with zero attached hydrogens (tertiary/aromatic N) is 4. The molecular weight excluding hydrogens is 677 g/mol. The average molecular weight is 725 g/mol. The van der Waals surface area contributed by atoms with Crippen LogP contribution in [0.25, 0.3) is 0 Å². The van der Waals surface area contributed by atoms with E-state index < -0.39 is 24.2 Å². The average Bonchev–Trinajstić information content (AvgIpc) is 3.87. The normalized spacial score (nSPS) is 17.8. The number of benzene rings is 4. The molecule has 4 aromatic rings. The van der Waals surface area contributed by atoms with Gasteiger partial charge in [0.25, 0.3) is 0 Å². The molecule has 0 bridgehead atoms. The van der Waals surface area contributed by atoms with Crippen LogP contribution in [0.15, 0.2) is 109 Å². The van der Waals surface area contributed by atoms with Crippen LogP contribution in [0.2, 0.25) is 0 Å². The smallest absolute Gasteiger partial charge is 0.247 e. The van der Waals surface area contributed by atoms with Crippen molar-refractivity contribution in [2.75, 3.05) is 51.9 Å². The summed E-state index contributed by atoms with van der Waals surface area (Å²) in [5.74, 6) is 5.77. The van der Waals surface area contributed by atoms with Crippen molar-refractivity contribution >= 4 is 35.0 Å². The Balaban J connectivity index is 1.03. The highest BCUT2D eigenvalue weighted by Crippen LogP contribution is 2.29. The molecule has 6 rings (SSSR count). The van der Waals surface area contributed by atoms with Gasteiger partial charge in [-0.2, -0.15) is 0 Å². The Morgan fingerprint density at radius 1 is 0.556 bits per heavy atom. The van der Waals surface area contributed by atoms with Crippen LogP contribution in [0, 0.1) is 11.8 Å². The number of carbonyl (C=O) groups excluding carboxylic acids is 4. The minimum atomic E-state index is -0.537. The maximum atomic E-state index is 13.7. The summed E-state index contributed by atoms with van der Waals surface area (Å²) in [6.45, 7) is 1.09. The van der Waals surface area contributed by atoms with E-state index in [1.807, 2.05) is 147 Å². The molecule has 0 aromatic heterocycles. The number of anilines is 2. The highest BCUT2D eigenvalue weighted by atomic mass is 16.2. The van der Waals surface area contributed by atoms with Crippen molar-refractivity contribution in [1.82, 2.24) is 19.6 Å². The molecule has 2 fully saturated rings. The zero-order valence-corrected chi connectivity index (χ0v) is 31.4. The van der Waals surface area contributed by atoms with E-state index in [4.69, 9.17) is 0 Å². The van der Waals surface area contributed by atoms with Crippen molar-refractivity contribution in [3.63, 3.8) is 0 Å². The lowest BCUT2D eigenvalue weighted by Gasteiger charge is -2.31. The van der Waals surface area contributed by atoms with Gasteiger partial charge in [0.2, 0.25) is 23.6 Å². The van der Waals surface area contributed by atoms with Crippen LogP contribution >= 0.6 is 0 Å². The largest absolute Gasteiger partial charge is 0.329 e. The molecule has 0 spiro atoms. The van der Waals surface area contributed by atoms with Gasteiger partial charge in [-0.25, -0.2) is 0 Å². The fourth-order valence-electron chi connectivity index (χ4n) is 7.38. The zero-order valence-electron chi connectivity index (χ0n) is 31.4. The van der Waals surface area contributed by atoms with E-state index in [1.54, 1.807) is 9.80 Å². The third-order valence-corrected chi connectivity index (χ3v) is 10.1. The van der Waals surface area contributed by atoms with E-state index >= 15 is 0 Å². The Morgan fingerprint density at radius 2 is 0.907 bits per heavy atom. The predicted molar refractivity (Wildman–Crippen MR) is 211 cm³/mol. The molecular formula is C44H48N6O4. The molecule has 0 aliphatic carbocycles. The molecule has 4 atom stereocenters. The summed E-state index contributed by atoms with van der Waals surface area (Å²) in [6.07, 6.45) is 2.77. The highest BCUT2D eigenvalue weighted by Gasteiger charge is 2.39. The number of nitrogens with one attached hydrogen (secondary N) is 2. The molecule has 2 aliphatic rings. The van der Waals surface area contributed by atoms with Crippen molar-refractivity contribution < 1.29 is 19.2 Å². The molecule has 0 saturated carbocycles. The summed E-state index contributed by atoms with van der Waals surface area (Å²) in [4.78, 5) is 61.3. The maximum absolute atomic E-state index is 13.7. The first-order valence-corrected chi connectivity index (χ1v) is 18.5. The number of carbonyl (C=O) groups is 4. The van der Waals surface area contributed by atoms with E-state index in [0.29, 0.717) is 37.3 Å². The zero-order chi connectivity index (χ0) is 38.2. The summed E-state index contributed by atoms with van der Waals surface area (Å²) in [5.41, 5.74) is 4.62. The van der Waals surface area contributed by atoms with Gasteiger partial charge >= 0.3 is 0 Å². The minimum Gasteiger partial charge on any atom is -0.329 e. The van der Waals surface area contributed by atoms with Gasteiger partial charge < -0.3 is 20.4 Å². The van der Waals surface area contributed by atoms with Gasteiger partial charge in [0, 0.05) is 35.6 Å². The van der Waals surface area contributed by atoms with Crippen molar-refractivity contribution in [3.8, 4) is 11.8 Å². The lowest BCUT2D eigenvalue weighted by molar-refractivity contribution is -0.141. The monoisotopic (exact) mass is 724 g/mol. The number of rotatable bonds is 10. The van der Waals surface area contributed by atoms with Crippen molar-refractivity contribution in [3.05, 3.63) is 131 Å². The number of hydrogen-bond acceptors (Lipinski definition) is 6. The third kappa shape index (κ3) is 8.88. The Bertz CT molecular complexity index is 1850. The van der Waals surface area contributed by atoms with Gasteiger partial charge in [-0.1, -0.05) is 72.5 Å². The van der Waals surface area contributed by atoms with E-state index in [2.05, 4.69) is 22.5 Å². The number of likely N-dealkylation sites (tertiary alicyclic amines) is 2. The Morgan fingerprint density at radius 3 is 1.24 bits per heavy atom. The van der Waals surface area contributed by atoms with Gasteiger partial charge in [-0.3, -0.25) is 29.0 Å². The standard InChI is InChI=1S/C44H48N6O4/c1-47(2)39(33-13-7-5-8-14-33)43(53)49-29-11-17-37(49)41(51)45-35-25-21-31(22-26-35)19-20-32-23-27-36(28-24-32)46-42(52)38-18-12-30-50(38)44(54)40(48(3)4)34-15-9-6-10-16-34/h5-10,13-16,21-28,37-40H,11-12,17-18,29-30H2,1-4H3,(H,45,51)(H,46,52)/t37-,38-,39-,40-/m0/s1. The van der Waals surface area contributed by atoms with Crippen LogP contribution < -0.4 is 10.6 Å². The first-order valence-electron chi connectivity index (χ1n) is 18.5. The van der Waals surface area contributed by atoms with E-state index in [0.717, 1.165) is 35.1 Å². The van der Waals surface area contributed by atoms with E-state index in [-0.39, 0.29) is 23.6 Å². The van der Waals surface area contributed by atoms with Crippen LogP contribution in [0.1, 0.15) is 60.0 Å². The topological polar surface area (TPSA) is 105 Å². The number of hydrogen-bond donors (Lipinski definition) is 2. The molecule has 2 saturated heterocycles. The molecule has 4 amide bonds. The minimum absolute atomic E-state index is 0.0744. The molecule has 0 unspecified atom stereocenters. The molecule has 2 N–H and O–H groups in total. The fourth-order valence-corrected chi connectivity index (χ4v) is 7.38. The second-order valence-corrected chi connectivity index (χ2v) is 14.3. The molecule has 278 valence electrons. The Hall–Kier alpha value is -5.76. The van der Waals surface area contributed by atoms with Crippen LogP contribution in [-0.4, -0.2) is 96.6 Å². The summed E-state index contributed by atoms with van der Waals surface area (Å²) < 4.78 is 0. The Labute approximate surface area is 318 Å². The van der Waals surface area contributed by atoms with Crippen molar-refractivity contribution in [1.29, 1.82) is 0 Å². The van der Waals surface area contributed by atoms with E-state index in [1.165, 1.54) is 0 Å². The molecule has 2 aliphatic heterocycles.